The number of benzene rings is 1. The molecule has 0 amide bonds. The highest BCUT2D eigenvalue weighted by Crippen LogP contribution is 2.42. The molecule has 0 bridgehead atoms. The third kappa shape index (κ3) is 3.70. The Morgan fingerprint density at radius 3 is 2.60 bits per heavy atom. The van der Waals surface area contributed by atoms with Gasteiger partial charge in [0.05, 0.1) is 21.5 Å². The molecule has 0 spiro atoms. The van der Waals surface area contributed by atoms with E-state index >= 15 is 0 Å². The zero-order chi connectivity index (χ0) is 18.4. The summed E-state index contributed by atoms with van der Waals surface area (Å²) in [6, 6.07) is 2.01. The van der Waals surface area contributed by atoms with E-state index in [-0.39, 0.29) is 40.6 Å². The molecule has 1 unspecified atom stereocenters. The smallest absolute Gasteiger partial charge is 0.297 e. The van der Waals surface area contributed by atoms with E-state index in [4.69, 9.17) is 9.88 Å². The van der Waals surface area contributed by atoms with Crippen LogP contribution in [0.2, 0.25) is 0 Å². The third-order valence-electron chi connectivity index (χ3n) is 5.00. The number of rotatable bonds is 3. The molecule has 1 aromatic rings. The van der Waals surface area contributed by atoms with Crippen LogP contribution in [0.1, 0.15) is 32.6 Å². The quantitative estimate of drug-likeness (QED) is 0.537. The summed E-state index contributed by atoms with van der Waals surface area (Å²) >= 11 is 0. The molecule has 1 aliphatic heterocycles. The first-order chi connectivity index (χ1) is 11.6. The topological polar surface area (TPSA) is 145 Å². The predicted molar refractivity (Wildman–Crippen MR) is 90.0 cm³/mol. The summed E-state index contributed by atoms with van der Waals surface area (Å²) in [5, 5.41) is 29.6. The van der Waals surface area contributed by atoms with Crippen molar-refractivity contribution in [1.29, 1.82) is 0 Å². The van der Waals surface area contributed by atoms with Gasteiger partial charge in [0.15, 0.2) is 11.4 Å². The van der Waals surface area contributed by atoms with Crippen molar-refractivity contribution in [3.8, 4) is 5.75 Å². The minimum Gasteiger partial charge on any atom is -0.489 e. The number of ether oxygens (including phenoxy) is 1. The molecule has 1 saturated carbocycles. The maximum atomic E-state index is 11.5. The van der Waals surface area contributed by atoms with E-state index in [2.05, 4.69) is 5.32 Å². The van der Waals surface area contributed by atoms with Crippen LogP contribution < -0.4 is 15.2 Å². The fourth-order valence-electron chi connectivity index (χ4n) is 3.47. The Morgan fingerprint density at radius 2 is 2.04 bits per heavy atom. The second-order valence-corrected chi connectivity index (χ2v) is 8.58. The number of nitro benzene ring substituents is 1. The highest BCUT2D eigenvalue weighted by molar-refractivity contribution is 7.89. The van der Waals surface area contributed by atoms with E-state index < -0.39 is 20.5 Å². The lowest BCUT2D eigenvalue weighted by Gasteiger charge is -2.39. The van der Waals surface area contributed by atoms with Gasteiger partial charge in [-0.2, -0.15) is 0 Å². The molecule has 0 saturated heterocycles. The SMILES string of the molecule is CC1(O)CCC(C2COc3cc(S(N)(=O)=O)cc([N+](=O)[O-])c3N2)CC1. The minimum absolute atomic E-state index is 0.109. The highest BCUT2D eigenvalue weighted by Gasteiger charge is 2.37. The van der Waals surface area contributed by atoms with Gasteiger partial charge in [0.2, 0.25) is 10.0 Å². The number of nitrogens with two attached hydrogens (primary N) is 1. The number of primary sulfonamides is 1. The van der Waals surface area contributed by atoms with E-state index in [0.717, 1.165) is 18.9 Å². The summed E-state index contributed by atoms with van der Waals surface area (Å²) in [5.41, 5.74) is -0.875. The highest BCUT2D eigenvalue weighted by atomic mass is 32.2. The number of nitrogens with one attached hydrogen (secondary N) is 1. The minimum atomic E-state index is -4.08. The summed E-state index contributed by atoms with van der Waals surface area (Å²) in [7, 11) is -4.08. The number of anilines is 1. The monoisotopic (exact) mass is 371 g/mol. The number of hydrogen-bond acceptors (Lipinski definition) is 7. The van der Waals surface area contributed by atoms with Crippen LogP contribution in [0.25, 0.3) is 0 Å². The second-order valence-electron chi connectivity index (χ2n) is 7.01. The van der Waals surface area contributed by atoms with Crippen LogP contribution in [0, 0.1) is 16.0 Å². The average Bonchev–Trinajstić information content (AvgIpc) is 2.52. The van der Waals surface area contributed by atoms with Gasteiger partial charge in [0.25, 0.3) is 5.69 Å². The number of nitrogens with zero attached hydrogens (tertiary/aromatic N) is 1. The van der Waals surface area contributed by atoms with Crippen LogP contribution in [0.15, 0.2) is 17.0 Å². The Hall–Kier alpha value is -1.91. The van der Waals surface area contributed by atoms with Crippen molar-refractivity contribution in [3.05, 3.63) is 22.2 Å². The lowest BCUT2D eigenvalue weighted by Crippen LogP contribution is -2.42. The number of fused-ring (bicyclic) bond motifs is 1. The summed E-state index contributed by atoms with van der Waals surface area (Å²) in [6.07, 6.45) is 2.89. The van der Waals surface area contributed by atoms with Crippen molar-refractivity contribution < 1.29 is 23.2 Å². The van der Waals surface area contributed by atoms with Crippen molar-refractivity contribution in [3.63, 3.8) is 0 Å². The summed E-state index contributed by atoms with van der Waals surface area (Å²) in [4.78, 5) is 10.4. The molecule has 3 rings (SSSR count). The fraction of sp³-hybridized carbons (Fsp3) is 0.600. The molecule has 4 N–H and O–H groups in total. The van der Waals surface area contributed by atoms with Crippen LogP contribution in [0.5, 0.6) is 5.75 Å². The molecule has 0 radical (unpaired) electrons. The zero-order valence-electron chi connectivity index (χ0n) is 13.8. The second kappa shape index (κ2) is 6.11. The molecule has 1 heterocycles. The summed E-state index contributed by atoms with van der Waals surface area (Å²) < 4.78 is 28.7. The van der Waals surface area contributed by atoms with Crippen molar-refractivity contribution in [2.75, 3.05) is 11.9 Å². The van der Waals surface area contributed by atoms with Crippen molar-refractivity contribution >= 4 is 21.4 Å². The molecular formula is C15H21N3O6S. The number of hydrogen-bond donors (Lipinski definition) is 3. The standard InChI is InChI=1S/C15H21N3O6S/c1-15(19)4-2-9(3-5-15)11-8-24-13-7-10(25(16,22)23)6-12(18(20)21)14(13)17-11/h6-7,9,11,17,19H,2-5,8H2,1H3,(H2,16,22,23). The van der Waals surface area contributed by atoms with Gasteiger partial charge in [-0.1, -0.05) is 0 Å². The maximum Gasteiger partial charge on any atom is 0.297 e. The fourth-order valence-corrected chi connectivity index (χ4v) is 4.02. The predicted octanol–water partition coefficient (Wildman–Crippen LogP) is 1.36. The Labute approximate surface area is 145 Å². The Balaban J connectivity index is 1.89. The molecule has 1 atom stereocenters. The van der Waals surface area contributed by atoms with E-state index in [1.165, 1.54) is 6.07 Å². The van der Waals surface area contributed by atoms with Gasteiger partial charge >= 0.3 is 0 Å². The van der Waals surface area contributed by atoms with Gasteiger partial charge < -0.3 is 15.2 Å². The number of sulfonamides is 1. The molecule has 0 aromatic heterocycles. The lowest BCUT2D eigenvalue weighted by molar-refractivity contribution is -0.384. The van der Waals surface area contributed by atoms with Crippen molar-refractivity contribution in [1.82, 2.24) is 0 Å². The number of aliphatic hydroxyl groups is 1. The van der Waals surface area contributed by atoms with E-state index in [1.807, 2.05) is 6.92 Å². The summed E-state index contributed by atoms with van der Waals surface area (Å²) in [5.74, 6) is 0.322. The molecule has 25 heavy (non-hydrogen) atoms. The maximum absolute atomic E-state index is 11.5. The van der Waals surface area contributed by atoms with Gasteiger partial charge in [-0.3, -0.25) is 10.1 Å². The molecule has 2 aliphatic rings. The molecule has 138 valence electrons. The molecular weight excluding hydrogens is 350 g/mol. The molecule has 1 fully saturated rings. The lowest BCUT2D eigenvalue weighted by atomic mass is 9.76. The van der Waals surface area contributed by atoms with Gasteiger partial charge in [-0.15, -0.1) is 0 Å². The summed E-state index contributed by atoms with van der Waals surface area (Å²) in [6.45, 7) is 2.08. The van der Waals surface area contributed by atoms with Crippen LogP contribution in [0.3, 0.4) is 0 Å². The first-order valence-electron chi connectivity index (χ1n) is 8.04. The van der Waals surface area contributed by atoms with E-state index in [1.54, 1.807) is 0 Å². The van der Waals surface area contributed by atoms with Gasteiger partial charge in [0.1, 0.15) is 6.61 Å². The van der Waals surface area contributed by atoms with E-state index in [9.17, 15) is 23.6 Å². The Morgan fingerprint density at radius 1 is 1.40 bits per heavy atom. The van der Waals surface area contributed by atoms with Crippen LogP contribution >= 0.6 is 0 Å². The third-order valence-corrected chi connectivity index (χ3v) is 5.90. The first-order valence-corrected chi connectivity index (χ1v) is 9.58. The zero-order valence-corrected chi connectivity index (χ0v) is 14.6. The Bertz CT molecular complexity index is 798. The molecule has 1 aromatic carbocycles. The molecule has 9 nitrogen and oxygen atoms in total. The van der Waals surface area contributed by atoms with Crippen LogP contribution in [0.4, 0.5) is 11.4 Å². The van der Waals surface area contributed by atoms with Crippen molar-refractivity contribution in [2.45, 2.75) is 49.1 Å². The molecule has 10 heteroatoms. The van der Waals surface area contributed by atoms with Crippen molar-refractivity contribution in [2.24, 2.45) is 11.1 Å². The van der Waals surface area contributed by atoms with Gasteiger partial charge in [0, 0.05) is 12.1 Å². The largest absolute Gasteiger partial charge is 0.489 e. The number of nitro groups is 1. The van der Waals surface area contributed by atoms with Crippen LogP contribution in [-0.2, 0) is 10.0 Å². The normalized spacial score (nSPS) is 29.2. The first kappa shape index (κ1) is 17.9. The van der Waals surface area contributed by atoms with Gasteiger partial charge in [-0.05, 0) is 38.5 Å². The van der Waals surface area contributed by atoms with E-state index in [0.29, 0.717) is 12.8 Å². The molecule has 1 aliphatic carbocycles. The average molecular weight is 371 g/mol. The van der Waals surface area contributed by atoms with Gasteiger partial charge in [-0.25, -0.2) is 13.6 Å². The Kier molecular flexibility index (Phi) is 4.38. The van der Waals surface area contributed by atoms with Crippen LogP contribution in [-0.4, -0.2) is 36.7 Å².